The number of aryl methyl sites for hydroxylation is 1. The van der Waals surface area contributed by atoms with Gasteiger partial charge in [-0.2, -0.15) is 0 Å². The first-order valence-electron chi connectivity index (χ1n) is 11.2. The average molecular weight is 406 g/mol. The summed E-state index contributed by atoms with van der Waals surface area (Å²) in [7, 11) is 0. The van der Waals surface area contributed by atoms with Crippen LogP contribution in [0.4, 0.5) is 0 Å². The minimum absolute atomic E-state index is 0.131. The second kappa shape index (κ2) is 8.16. The van der Waals surface area contributed by atoms with E-state index in [9.17, 15) is 0 Å². The number of fused-ring (bicyclic) bond motifs is 1. The predicted octanol–water partition coefficient (Wildman–Crippen LogP) is 5.92. The Balaban J connectivity index is 1.65. The average Bonchev–Trinajstić information content (AvgIpc) is 3.08. The topological polar surface area (TPSA) is 32.5 Å². The van der Waals surface area contributed by atoms with E-state index in [1.165, 1.54) is 16.7 Å². The van der Waals surface area contributed by atoms with Gasteiger partial charge in [-0.05, 0) is 62.4 Å². The predicted molar refractivity (Wildman–Crippen MR) is 124 cm³/mol. The Morgan fingerprint density at radius 2 is 1.90 bits per heavy atom. The molecule has 4 heteroatoms. The summed E-state index contributed by atoms with van der Waals surface area (Å²) in [6.45, 7) is 17.7. The minimum atomic E-state index is 0.131. The number of hydrogen-bond donors (Lipinski definition) is 0. The van der Waals surface area contributed by atoms with Gasteiger partial charge in [0.25, 0.3) is 0 Å². The zero-order chi connectivity index (χ0) is 21.5. The van der Waals surface area contributed by atoms with Crippen LogP contribution >= 0.6 is 0 Å². The van der Waals surface area contributed by atoms with Crippen LogP contribution in [0.2, 0.25) is 0 Å². The van der Waals surface area contributed by atoms with E-state index in [0.717, 1.165) is 43.0 Å². The Morgan fingerprint density at radius 1 is 1.13 bits per heavy atom. The van der Waals surface area contributed by atoms with Crippen LogP contribution in [0.5, 0.6) is 0 Å². The molecule has 1 aliphatic heterocycles. The van der Waals surface area contributed by atoms with Gasteiger partial charge in [0.05, 0.1) is 0 Å². The number of piperazine rings is 1. The Morgan fingerprint density at radius 3 is 2.63 bits per heavy atom. The standard InChI is InChI=1S/C26H35N3O/c1-18(2)21-9-7-8-10-22(21)24-17-28(13-14-29(24)26(4,5)6)16-20-11-12-27-25-23(20)15-19(3)30-25/h7-12,15,18,24H,13-14,16-17H2,1-6H3. The zero-order valence-corrected chi connectivity index (χ0v) is 19.3. The Kier molecular flexibility index (Phi) is 5.73. The first-order chi connectivity index (χ1) is 14.2. The van der Waals surface area contributed by atoms with Crippen LogP contribution in [-0.4, -0.2) is 40.0 Å². The number of hydrogen-bond acceptors (Lipinski definition) is 4. The fraction of sp³-hybridized carbons (Fsp3) is 0.500. The molecule has 1 fully saturated rings. The van der Waals surface area contributed by atoms with Crippen molar-refractivity contribution in [2.75, 3.05) is 19.6 Å². The number of nitrogens with zero attached hydrogens (tertiary/aromatic N) is 3. The number of furan rings is 1. The van der Waals surface area contributed by atoms with Crippen molar-refractivity contribution in [2.24, 2.45) is 0 Å². The van der Waals surface area contributed by atoms with E-state index in [2.05, 4.69) is 85.8 Å². The monoisotopic (exact) mass is 405 g/mol. The van der Waals surface area contributed by atoms with E-state index in [1.807, 2.05) is 13.1 Å². The van der Waals surface area contributed by atoms with Gasteiger partial charge in [0.2, 0.25) is 5.71 Å². The maximum Gasteiger partial charge on any atom is 0.226 e. The largest absolute Gasteiger partial charge is 0.443 e. The third-order valence-electron chi connectivity index (χ3n) is 6.35. The summed E-state index contributed by atoms with van der Waals surface area (Å²) in [4.78, 5) is 9.69. The van der Waals surface area contributed by atoms with E-state index >= 15 is 0 Å². The molecule has 0 aliphatic carbocycles. The molecule has 30 heavy (non-hydrogen) atoms. The van der Waals surface area contributed by atoms with Crippen molar-refractivity contribution in [1.82, 2.24) is 14.8 Å². The summed E-state index contributed by atoms with van der Waals surface area (Å²) in [5.41, 5.74) is 5.13. The van der Waals surface area contributed by atoms with E-state index in [1.54, 1.807) is 0 Å². The molecule has 1 aromatic carbocycles. The van der Waals surface area contributed by atoms with E-state index in [0.29, 0.717) is 12.0 Å². The summed E-state index contributed by atoms with van der Waals surface area (Å²) >= 11 is 0. The number of pyridine rings is 1. The van der Waals surface area contributed by atoms with Crippen LogP contribution in [0.1, 0.15) is 69.0 Å². The summed E-state index contributed by atoms with van der Waals surface area (Å²) in [6, 6.07) is 13.7. The van der Waals surface area contributed by atoms with Gasteiger partial charge in [0, 0.05) is 49.3 Å². The Bertz CT molecular complexity index is 1010. The van der Waals surface area contributed by atoms with Crippen molar-refractivity contribution in [1.29, 1.82) is 0 Å². The van der Waals surface area contributed by atoms with Gasteiger partial charge in [-0.1, -0.05) is 38.1 Å². The van der Waals surface area contributed by atoms with Crippen molar-refractivity contribution >= 4 is 11.1 Å². The molecule has 0 saturated carbocycles. The van der Waals surface area contributed by atoms with Crippen molar-refractivity contribution in [3.05, 3.63) is 65.0 Å². The maximum absolute atomic E-state index is 5.75. The molecule has 0 N–H and O–H groups in total. The summed E-state index contributed by atoms with van der Waals surface area (Å²) in [6.07, 6.45) is 1.87. The molecule has 1 saturated heterocycles. The molecule has 4 rings (SSSR count). The second-order valence-electron chi connectivity index (χ2n) is 9.94. The first-order valence-corrected chi connectivity index (χ1v) is 11.2. The Hall–Kier alpha value is -2.17. The molecular formula is C26H35N3O. The van der Waals surface area contributed by atoms with Gasteiger partial charge in [-0.25, -0.2) is 4.98 Å². The van der Waals surface area contributed by atoms with Gasteiger partial charge in [-0.15, -0.1) is 0 Å². The van der Waals surface area contributed by atoms with Crippen LogP contribution in [-0.2, 0) is 6.54 Å². The molecule has 1 atom stereocenters. The van der Waals surface area contributed by atoms with Crippen molar-refractivity contribution in [3.8, 4) is 0 Å². The third kappa shape index (κ3) is 4.17. The number of benzene rings is 1. The van der Waals surface area contributed by atoms with Gasteiger partial charge in [0.15, 0.2) is 0 Å². The smallest absolute Gasteiger partial charge is 0.226 e. The van der Waals surface area contributed by atoms with Gasteiger partial charge in [0.1, 0.15) is 5.76 Å². The molecule has 0 bridgehead atoms. The molecule has 0 spiro atoms. The molecule has 2 aromatic heterocycles. The highest BCUT2D eigenvalue weighted by molar-refractivity contribution is 5.78. The summed E-state index contributed by atoms with van der Waals surface area (Å²) in [5.74, 6) is 1.44. The third-order valence-corrected chi connectivity index (χ3v) is 6.35. The zero-order valence-electron chi connectivity index (χ0n) is 19.3. The lowest BCUT2D eigenvalue weighted by molar-refractivity contribution is 0.00567. The molecule has 1 unspecified atom stereocenters. The van der Waals surface area contributed by atoms with E-state index < -0.39 is 0 Å². The second-order valence-corrected chi connectivity index (χ2v) is 9.94. The lowest BCUT2D eigenvalue weighted by atomic mass is 9.88. The molecule has 3 heterocycles. The van der Waals surface area contributed by atoms with E-state index in [-0.39, 0.29) is 5.54 Å². The highest BCUT2D eigenvalue weighted by Crippen LogP contribution is 2.36. The molecule has 0 radical (unpaired) electrons. The molecule has 1 aliphatic rings. The highest BCUT2D eigenvalue weighted by atomic mass is 16.3. The first kappa shape index (κ1) is 21.1. The summed E-state index contributed by atoms with van der Waals surface area (Å²) in [5, 5.41) is 1.15. The lowest BCUT2D eigenvalue weighted by Crippen LogP contribution is -2.55. The van der Waals surface area contributed by atoms with Crippen molar-refractivity contribution < 1.29 is 4.42 Å². The number of rotatable bonds is 4. The Labute approximate surface area is 180 Å². The molecular weight excluding hydrogens is 370 g/mol. The van der Waals surface area contributed by atoms with Crippen LogP contribution in [0, 0.1) is 6.92 Å². The normalized spacial score (nSPS) is 19.1. The molecule has 160 valence electrons. The minimum Gasteiger partial charge on any atom is -0.443 e. The van der Waals surface area contributed by atoms with Gasteiger partial charge in [-0.3, -0.25) is 9.80 Å². The van der Waals surface area contributed by atoms with Crippen molar-refractivity contribution in [2.45, 2.75) is 65.6 Å². The number of aromatic nitrogens is 1. The maximum atomic E-state index is 5.75. The molecule has 0 amide bonds. The lowest BCUT2D eigenvalue weighted by Gasteiger charge is -2.49. The van der Waals surface area contributed by atoms with E-state index in [4.69, 9.17) is 4.42 Å². The SMILES string of the molecule is Cc1cc2c(CN3CCN(C(C)(C)C)C(c4ccccc4C(C)C)C3)ccnc2o1. The van der Waals surface area contributed by atoms with Crippen LogP contribution in [0.15, 0.2) is 47.0 Å². The highest BCUT2D eigenvalue weighted by Gasteiger charge is 2.36. The summed E-state index contributed by atoms with van der Waals surface area (Å²) < 4.78 is 5.75. The van der Waals surface area contributed by atoms with Crippen molar-refractivity contribution in [3.63, 3.8) is 0 Å². The quantitative estimate of drug-likeness (QED) is 0.539. The molecule has 3 aromatic rings. The van der Waals surface area contributed by atoms with Crippen LogP contribution in [0.3, 0.4) is 0 Å². The fourth-order valence-corrected chi connectivity index (χ4v) is 4.88. The molecule has 4 nitrogen and oxygen atoms in total. The van der Waals surface area contributed by atoms with Gasteiger partial charge >= 0.3 is 0 Å². The van der Waals surface area contributed by atoms with Crippen LogP contribution < -0.4 is 0 Å². The fourth-order valence-electron chi connectivity index (χ4n) is 4.88. The van der Waals surface area contributed by atoms with Crippen LogP contribution in [0.25, 0.3) is 11.1 Å². The van der Waals surface area contributed by atoms with Gasteiger partial charge < -0.3 is 4.42 Å².